The summed E-state index contributed by atoms with van der Waals surface area (Å²) in [5.74, 6) is 0. The zero-order valence-electron chi connectivity index (χ0n) is 12.1. The molecular formula is C17H18Cl2N2S. The van der Waals surface area contributed by atoms with Gasteiger partial charge >= 0.3 is 0 Å². The van der Waals surface area contributed by atoms with Gasteiger partial charge in [-0.15, -0.1) is 0 Å². The zero-order valence-corrected chi connectivity index (χ0v) is 14.4. The van der Waals surface area contributed by atoms with E-state index in [1.807, 2.05) is 6.07 Å². The Hall–Kier alpha value is -1.29. The molecule has 2 nitrogen and oxygen atoms in total. The fourth-order valence-corrected chi connectivity index (χ4v) is 2.61. The number of aryl methyl sites for hydroxylation is 1. The number of benzene rings is 2. The number of hydrogen-bond donors (Lipinski definition) is 2. The molecule has 0 aliphatic heterocycles. The third-order valence-electron chi connectivity index (χ3n) is 3.20. The topological polar surface area (TPSA) is 24.1 Å². The minimum atomic E-state index is 0.559. The molecule has 5 heteroatoms. The second kappa shape index (κ2) is 8.99. The van der Waals surface area contributed by atoms with Crippen LogP contribution in [0.15, 0.2) is 48.5 Å². The van der Waals surface area contributed by atoms with E-state index in [9.17, 15) is 0 Å². The Labute approximate surface area is 146 Å². The minimum absolute atomic E-state index is 0.559. The van der Waals surface area contributed by atoms with Gasteiger partial charge in [-0.1, -0.05) is 53.5 Å². The van der Waals surface area contributed by atoms with Crippen molar-refractivity contribution in [3.63, 3.8) is 0 Å². The van der Waals surface area contributed by atoms with Gasteiger partial charge in [-0.25, -0.2) is 0 Å². The molecule has 0 heterocycles. The molecule has 0 aromatic heterocycles. The highest BCUT2D eigenvalue weighted by Crippen LogP contribution is 2.25. The summed E-state index contributed by atoms with van der Waals surface area (Å²) in [6.07, 6.45) is 3.26. The van der Waals surface area contributed by atoms with Crippen LogP contribution in [0.3, 0.4) is 0 Å². The van der Waals surface area contributed by atoms with Gasteiger partial charge in [0.05, 0.1) is 10.7 Å². The molecule has 0 atom stereocenters. The van der Waals surface area contributed by atoms with Crippen LogP contribution in [0.4, 0.5) is 5.69 Å². The molecule has 0 aliphatic carbocycles. The molecule has 2 aromatic rings. The van der Waals surface area contributed by atoms with E-state index in [1.165, 1.54) is 5.56 Å². The second-order valence-corrected chi connectivity index (χ2v) is 6.20. The Bertz CT molecular complexity index is 617. The number of thiocarbonyl (C=S) groups is 1. The summed E-state index contributed by atoms with van der Waals surface area (Å²) in [4.78, 5) is 0. The molecule has 0 aliphatic rings. The van der Waals surface area contributed by atoms with E-state index >= 15 is 0 Å². The third-order valence-corrected chi connectivity index (χ3v) is 4.01. The van der Waals surface area contributed by atoms with E-state index in [1.54, 1.807) is 18.2 Å². The lowest BCUT2D eigenvalue weighted by Gasteiger charge is -2.12. The Morgan fingerprint density at radius 2 is 1.77 bits per heavy atom. The predicted molar refractivity (Wildman–Crippen MR) is 100 cm³/mol. The highest BCUT2D eigenvalue weighted by atomic mass is 35.5. The van der Waals surface area contributed by atoms with Crippen LogP contribution in [-0.4, -0.2) is 11.7 Å². The third kappa shape index (κ3) is 5.84. The largest absolute Gasteiger partial charge is 0.362 e. The van der Waals surface area contributed by atoms with Crippen molar-refractivity contribution in [2.24, 2.45) is 0 Å². The lowest BCUT2D eigenvalue weighted by molar-refractivity contribution is 0.711. The lowest BCUT2D eigenvalue weighted by Crippen LogP contribution is -2.29. The first-order valence-electron chi connectivity index (χ1n) is 7.19. The highest BCUT2D eigenvalue weighted by molar-refractivity contribution is 7.80. The first-order chi connectivity index (χ1) is 10.6. The number of hydrogen-bond acceptors (Lipinski definition) is 1. The van der Waals surface area contributed by atoms with Crippen molar-refractivity contribution in [2.45, 2.75) is 19.3 Å². The van der Waals surface area contributed by atoms with E-state index in [0.29, 0.717) is 15.2 Å². The lowest BCUT2D eigenvalue weighted by atomic mass is 10.1. The van der Waals surface area contributed by atoms with Crippen LogP contribution in [-0.2, 0) is 6.42 Å². The van der Waals surface area contributed by atoms with Crippen molar-refractivity contribution in [1.29, 1.82) is 0 Å². The average Bonchev–Trinajstić information content (AvgIpc) is 2.51. The van der Waals surface area contributed by atoms with E-state index in [4.69, 9.17) is 35.4 Å². The summed E-state index contributed by atoms with van der Waals surface area (Å²) in [5, 5.41) is 8.02. The second-order valence-electron chi connectivity index (χ2n) is 4.95. The van der Waals surface area contributed by atoms with Gasteiger partial charge in [-0.05, 0) is 55.2 Å². The Morgan fingerprint density at radius 1 is 1.00 bits per heavy atom. The first kappa shape index (κ1) is 17.1. The number of nitrogens with one attached hydrogen (secondary N) is 2. The molecule has 2 N–H and O–H groups in total. The van der Waals surface area contributed by atoms with E-state index in [2.05, 4.69) is 34.9 Å². The SMILES string of the molecule is S=C(NCCCCc1ccccc1)Nc1cc(Cl)ccc1Cl. The number of unbranched alkanes of at least 4 members (excludes halogenated alkanes) is 1. The molecule has 0 saturated carbocycles. The molecule has 0 saturated heterocycles. The van der Waals surface area contributed by atoms with Crippen LogP contribution in [0.1, 0.15) is 18.4 Å². The van der Waals surface area contributed by atoms with Crippen LogP contribution in [0, 0.1) is 0 Å². The van der Waals surface area contributed by atoms with Gasteiger partial charge in [0.2, 0.25) is 0 Å². The van der Waals surface area contributed by atoms with Gasteiger partial charge in [0, 0.05) is 11.6 Å². The maximum absolute atomic E-state index is 6.08. The fraction of sp³-hybridized carbons (Fsp3) is 0.235. The van der Waals surface area contributed by atoms with Crippen LogP contribution >= 0.6 is 35.4 Å². The Morgan fingerprint density at radius 3 is 2.55 bits per heavy atom. The molecular weight excluding hydrogens is 335 g/mol. The summed E-state index contributed by atoms with van der Waals surface area (Å²) >= 11 is 17.3. The molecule has 0 radical (unpaired) electrons. The van der Waals surface area contributed by atoms with Gasteiger partial charge in [-0.3, -0.25) is 0 Å². The normalized spacial score (nSPS) is 10.3. The van der Waals surface area contributed by atoms with Crippen molar-refractivity contribution in [2.75, 3.05) is 11.9 Å². The first-order valence-corrected chi connectivity index (χ1v) is 8.35. The van der Waals surface area contributed by atoms with E-state index in [-0.39, 0.29) is 0 Å². The number of halogens is 2. The Balaban J connectivity index is 1.66. The van der Waals surface area contributed by atoms with Crippen molar-refractivity contribution >= 4 is 46.2 Å². The summed E-state index contributed by atoms with van der Waals surface area (Å²) in [7, 11) is 0. The van der Waals surface area contributed by atoms with Gasteiger partial charge in [-0.2, -0.15) is 0 Å². The summed E-state index contributed by atoms with van der Waals surface area (Å²) in [6.45, 7) is 0.830. The summed E-state index contributed by atoms with van der Waals surface area (Å²) in [6, 6.07) is 15.7. The van der Waals surface area contributed by atoms with Crippen molar-refractivity contribution in [3.8, 4) is 0 Å². The maximum atomic E-state index is 6.08. The van der Waals surface area contributed by atoms with Crippen molar-refractivity contribution in [3.05, 3.63) is 64.1 Å². The molecule has 0 spiro atoms. The smallest absolute Gasteiger partial charge is 0.170 e. The summed E-state index contributed by atoms with van der Waals surface area (Å²) < 4.78 is 0. The van der Waals surface area contributed by atoms with Crippen LogP contribution in [0.25, 0.3) is 0 Å². The number of anilines is 1. The van der Waals surface area contributed by atoms with Gasteiger partial charge in [0.25, 0.3) is 0 Å². The Kier molecular flexibility index (Phi) is 6.97. The van der Waals surface area contributed by atoms with Crippen molar-refractivity contribution < 1.29 is 0 Å². The predicted octanol–water partition coefficient (Wildman–Crippen LogP) is 5.30. The highest BCUT2D eigenvalue weighted by Gasteiger charge is 2.03. The fourth-order valence-electron chi connectivity index (χ4n) is 2.06. The van der Waals surface area contributed by atoms with Gasteiger partial charge < -0.3 is 10.6 Å². The van der Waals surface area contributed by atoms with Crippen LogP contribution in [0.5, 0.6) is 0 Å². The molecule has 22 heavy (non-hydrogen) atoms. The average molecular weight is 353 g/mol. The standard InChI is InChI=1S/C17H18Cl2N2S/c18-14-9-10-15(19)16(12-14)21-17(22)20-11-5-4-8-13-6-2-1-3-7-13/h1-3,6-7,9-10,12H,4-5,8,11H2,(H2,20,21,22). The molecule has 0 unspecified atom stereocenters. The molecule has 2 aromatic carbocycles. The number of rotatable bonds is 6. The molecule has 2 rings (SSSR count). The zero-order chi connectivity index (χ0) is 15.8. The van der Waals surface area contributed by atoms with Crippen LogP contribution in [0.2, 0.25) is 10.0 Å². The quantitative estimate of drug-likeness (QED) is 0.544. The maximum Gasteiger partial charge on any atom is 0.170 e. The van der Waals surface area contributed by atoms with Gasteiger partial charge in [0.15, 0.2) is 5.11 Å². The minimum Gasteiger partial charge on any atom is -0.362 e. The molecule has 0 fully saturated rings. The molecule has 116 valence electrons. The van der Waals surface area contributed by atoms with E-state index < -0.39 is 0 Å². The van der Waals surface area contributed by atoms with Crippen LogP contribution < -0.4 is 10.6 Å². The van der Waals surface area contributed by atoms with Crippen molar-refractivity contribution in [1.82, 2.24) is 5.32 Å². The van der Waals surface area contributed by atoms with Gasteiger partial charge in [0.1, 0.15) is 0 Å². The van der Waals surface area contributed by atoms with E-state index in [0.717, 1.165) is 31.5 Å². The summed E-state index contributed by atoms with van der Waals surface area (Å²) in [5.41, 5.74) is 2.09. The molecule has 0 bridgehead atoms. The molecule has 0 amide bonds. The monoisotopic (exact) mass is 352 g/mol.